The van der Waals surface area contributed by atoms with Crippen molar-refractivity contribution in [2.45, 2.75) is 6.42 Å². The molecule has 0 fully saturated rings. The number of rotatable bonds is 2. The monoisotopic (exact) mass is 477 g/mol. The van der Waals surface area contributed by atoms with E-state index >= 15 is 0 Å². The van der Waals surface area contributed by atoms with Crippen LogP contribution in [0.2, 0.25) is 0 Å². The first kappa shape index (κ1) is 24.1. The van der Waals surface area contributed by atoms with E-state index in [-0.39, 0.29) is 17.2 Å². The van der Waals surface area contributed by atoms with Crippen LogP contribution in [0.1, 0.15) is 11.1 Å². The van der Waals surface area contributed by atoms with Gasteiger partial charge in [0.2, 0.25) is 0 Å². The number of pyridine rings is 3. The summed E-state index contributed by atoms with van der Waals surface area (Å²) in [6.45, 7) is 2.00. The van der Waals surface area contributed by atoms with E-state index in [9.17, 15) is 15.3 Å². The lowest BCUT2D eigenvalue weighted by Gasteiger charge is -2.10. The number of aromatic hydroxyl groups is 3. The van der Waals surface area contributed by atoms with Crippen molar-refractivity contribution >= 4 is 39.5 Å². The van der Waals surface area contributed by atoms with E-state index in [1.807, 2.05) is 61.4 Å². The fourth-order valence-corrected chi connectivity index (χ4v) is 4.04. The Kier molecular flexibility index (Phi) is 7.31. The van der Waals surface area contributed by atoms with Crippen LogP contribution in [0, 0.1) is 0 Å². The maximum atomic E-state index is 9.96. The van der Waals surface area contributed by atoms with Crippen LogP contribution < -0.4 is 0 Å². The first-order chi connectivity index (χ1) is 17.6. The van der Waals surface area contributed by atoms with Gasteiger partial charge in [0.05, 0.1) is 0 Å². The van der Waals surface area contributed by atoms with Gasteiger partial charge in [0, 0.05) is 34.7 Å². The summed E-state index contributed by atoms with van der Waals surface area (Å²) in [5.41, 5.74) is 4.01. The predicted octanol–water partition coefficient (Wildman–Crippen LogP) is 5.54. The van der Waals surface area contributed by atoms with Gasteiger partial charge in [0.1, 0.15) is 40.6 Å². The summed E-state index contributed by atoms with van der Waals surface area (Å²) in [6.07, 6.45) is 5.68. The van der Waals surface area contributed by atoms with Gasteiger partial charge >= 0.3 is 0 Å². The van der Waals surface area contributed by atoms with E-state index in [1.165, 1.54) is 0 Å². The summed E-state index contributed by atoms with van der Waals surface area (Å²) in [6, 6.07) is 23.9. The molecule has 178 valence electrons. The van der Waals surface area contributed by atoms with Gasteiger partial charge in [0.15, 0.2) is 0 Å². The molecule has 6 aromatic rings. The quantitative estimate of drug-likeness (QED) is 0.300. The van der Waals surface area contributed by atoms with Gasteiger partial charge in [-0.15, -0.1) is 0 Å². The fourth-order valence-electron chi connectivity index (χ4n) is 4.04. The zero-order valence-corrected chi connectivity index (χ0v) is 19.2. The molecule has 7 nitrogen and oxygen atoms in total. The van der Waals surface area contributed by atoms with Crippen molar-refractivity contribution in [1.82, 2.24) is 15.0 Å². The third-order valence-electron chi connectivity index (χ3n) is 5.67. The summed E-state index contributed by atoms with van der Waals surface area (Å²) in [5.74, 6) is 0.603. The summed E-state index contributed by atoms with van der Waals surface area (Å²) in [5, 5.41) is 32.1. The van der Waals surface area contributed by atoms with Crippen LogP contribution in [0.5, 0.6) is 17.2 Å². The Balaban J connectivity index is 0.000000196. The highest BCUT2D eigenvalue weighted by Gasteiger charge is 2.10. The second-order valence-electron chi connectivity index (χ2n) is 7.82. The number of hydrogen-bond acceptors (Lipinski definition) is 7. The molecule has 0 unspecified atom stereocenters. The van der Waals surface area contributed by atoms with Crippen LogP contribution in [-0.4, -0.2) is 37.1 Å². The van der Waals surface area contributed by atoms with Crippen molar-refractivity contribution in [1.29, 1.82) is 0 Å². The van der Waals surface area contributed by atoms with Gasteiger partial charge in [-0.1, -0.05) is 42.5 Å². The number of phenols is 3. The molecule has 3 aromatic heterocycles. The second-order valence-corrected chi connectivity index (χ2v) is 7.82. The van der Waals surface area contributed by atoms with Crippen molar-refractivity contribution in [3.05, 3.63) is 109 Å². The van der Waals surface area contributed by atoms with Gasteiger partial charge in [0.25, 0.3) is 0 Å². The van der Waals surface area contributed by atoms with Gasteiger partial charge < -0.3 is 20.1 Å². The van der Waals surface area contributed by atoms with E-state index < -0.39 is 0 Å². The molecule has 36 heavy (non-hydrogen) atoms. The van der Waals surface area contributed by atoms with Crippen LogP contribution in [0.4, 0.5) is 0 Å². The van der Waals surface area contributed by atoms with E-state index in [0.717, 1.165) is 27.3 Å². The standard InChI is InChI=1S/C19H14N2O2.C9H7NO.CH2O/c22-16-7-5-12(14-3-1-9-20-18(14)16)11-13-6-8-17(23)19-15(13)4-2-10-21-19;11-8-5-1-3-7-4-2-6-10-9(7)8;1-2/h1-10,22-23H,11H2;1-6,11H;1H2. The Morgan fingerprint density at radius 3 is 1.50 bits per heavy atom. The lowest BCUT2D eigenvalue weighted by atomic mass is 9.97. The zero-order valence-electron chi connectivity index (χ0n) is 19.2. The van der Waals surface area contributed by atoms with Crippen molar-refractivity contribution < 1.29 is 20.1 Å². The largest absolute Gasteiger partial charge is 0.506 e. The average Bonchev–Trinajstić information content (AvgIpc) is 2.94. The highest BCUT2D eigenvalue weighted by molar-refractivity contribution is 5.90. The van der Waals surface area contributed by atoms with Crippen molar-refractivity contribution in [3.8, 4) is 17.2 Å². The summed E-state index contributed by atoms with van der Waals surface area (Å²) >= 11 is 0. The number of hydrogen-bond donors (Lipinski definition) is 3. The molecule has 0 amide bonds. The number of nitrogens with zero attached hydrogens (tertiary/aromatic N) is 3. The summed E-state index contributed by atoms with van der Waals surface area (Å²) < 4.78 is 0. The minimum absolute atomic E-state index is 0.182. The fraction of sp³-hybridized carbons (Fsp3) is 0.0345. The van der Waals surface area contributed by atoms with Gasteiger partial charge in [-0.3, -0.25) is 15.0 Å². The lowest BCUT2D eigenvalue weighted by Crippen LogP contribution is -1.93. The highest BCUT2D eigenvalue weighted by Crippen LogP contribution is 2.31. The number of fused-ring (bicyclic) bond motifs is 3. The molecular formula is C29H23N3O4. The number of aromatic nitrogens is 3. The Morgan fingerprint density at radius 1 is 0.528 bits per heavy atom. The van der Waals surface area contributed by atoms with Gasteiger partial charge in [-0.2, -0.15) is 0 Å². The number of carbonyl (C=O) groups is 1. The molecule has 0 spiro atoms. The first-order valence-electron chi connectivity index (χ1n) is 11.0. The molecule has 0 saturated heterocycles. The van der Waals surface area contributed by atoms with Crippen molar-refractivity contribution in [2.24, 2.45) is 0 Å². The third kappa shape index (κ3) is 4.90. The van der Waals surface area contributed by atoms with E-state index in [4.69, 9.17) is 4.79 Å². The molecule has 0 atom stereocenters. The molecule has 6 rings (SSSR count). The van der Waals surface area contributed by atoms with Crippen LogP contribution >= 0.6 is 0 Å². The number of phenolic OH excluding ortho intramolecular Hbond substituents is 3. The molecule has 7 heteroatoms. The molecule has 3 N–H and O–H groups in total. The Morgan fingerprint density at radius 2 is 0.972 bits per heavy atom. The molecule has 0 aliphatic heterocycles. The maximum absolute atomic E-state index is 9.96. The minimum atomic E-state index is 0.182. The Bertz CT molecular complexity index is 1560. The Hall–Kier alpha value is -5.04. The maximum Gasteiger partial charge on any atom is 0.141 e. The molecule has 3 aromatic carbocycles. The van der Waals surface area contributed by atoms with Crippen molar-refractivity contribution in [3.63, 3.8) is 0 Å². The molecule has 3 heterocycles. The normalized spacial score (nSPS) is 10.3. The SMILES string of the molecule is C=O.Oc1ccc(Cc2ccc(O)c3ncccc23)c2cccnc12.Oc1cccc2cccnc12. The minimum Gasteiger partial charge on any atom is -0.506 e. The van der Waals surface area contributed by atoms with Crippen LogP contribution in [0.15, 0.2) is 97.5 Å². The van der Waals surface area contributed by atoms with E-state index in [1.54, 1.807) is 42.9 Å². The zero-order chi connectivity index (χ0) is 25.5. The average molecular weight is 478 g/mol. The van der Waals surface area contributed by atoms with Gasteiger partial charge in [-0.05, 0) is 53.9 Å². The van der Waals surface area contributed by atoms with Crippen LogP contribution in [-0.2, 0) is 11.2 Å². The Labute approximate surface area is 207 Å². The smallest absolute Gasteiger partial charge is 0.141 e. The summed E-state index contributed by atoms with van der Waals surface area (Å²) in [7, 11) is 0. The van der Waals surface area contributed by atoms with Crippen LogP contribution in [0.25, 0.3) is 32.7 Å². The van der Waals surface area contributed by atoms with E-state index in [0.29, 0.717) is 23.0 Å². The molecular weight excluding hydrogens is 454 g/mol. The molecule has 0 aliphatic carbocycles. The highest BCUT2D eigenvalue weighted by atomic mass is 16.3. The number of benzene rings is 3. The van der Waals surface area contributed by atoms with Crippen LogP contribution in [0.3, 0.4) is 0 Å². The van der Waals surface area contributed by atoms with E-state index in [2.05, 4.69) is 15.0 Å². The molecule has 0 saturated carbocycles. The second kappa shape index (κ2) is 10.9. The third-order valence-corrected chi connectivity index (χ3v) is 5.67. The summed E-state index contributed by atoms with van der Waals surface area (Å²) in [4.78, 5) is 20.5. The topological polar surface area (TPSA) is 116 Å². The number of para-hydroxylation sites is 1. The molecule has 0 radical (unpaired) electrons. The van der Waals surface area contributed by atoms with Gasteiger partial charge in [-0.25, -0.2) is 0 Å². The number of carbonyl (C=O) groups excluding carboxylic acids is 1. The predicted molar refractivity (Wildman–Crippen MR) is 140 cm³/mol. The first-order valence-corrected chi connectivity index (χ1v) is 11.0. The molecule has 0 bridgehead atoms. The molecule has 0 aliphatic rings. The lowest BCUT2D eigenvalue weighted by molar-refractivity contribution is -0.0980. The van der Waals surface area contributed by atoms with Crippen molar-refractivity contribution in [2.75, 3.05) is 0 Å².